The molecule has 1 saturated heterocycles. The molecule has 1 aliphatic rings. The Kier molecular flexibility index (Phi) is 4.77. The Bertz CT molecular complexity index is 404. The van der Waals surface area contributed by atoms with E-state index in [4.69, 9.17) is 0 Å². The van der Waals surface area contributed by atoms with Crippen molar-refractivity contribution in [3.05, 3.63) is 0 Å². The van der Waals surface area contributed by atoms with Crippen LogP contribution in [0.25, 0.3) is 0 Å². The van der Waals surface area contributed by atoms with Gasteiger partial charge < -0.3 is 10.1 Å². The van der Waals surface area contributed by atoms with Gasteiger partial charge in [-0.1, -0.05) is 5.92 Å². The van der Waals surface area contributed by atoms with Crippen LogP contribution in [0.4, 0.5) is 0 Å². The van der Waals surface area contributed by atoms with Crippen molar-refractivity contribution in [3.63, 3.8) is 0 Å². The molecule has 90 valence electrons. The number of rotatable bonds is 2. The first kappa shape index (κ1) is 13.0. The second-order valence-corrected chi connectivity index (χ2v) is 5.86. The van der Waals surface area contributed by atoms with Crippen LogP contribution in [0.3, 0.4) is 0 Å². The molecule has 1 atom stereocenters. The molecule has 1 unspecified atom stereocenters. The maximum Gasteiger partial charge on any atom is 0.384 e. The van der Waals surface area contributed by atoms with E-state index in [1.54, 1.807) is 0 Å². The third-order valence-corrected chi connectivity index (χ3v) is 4.14. The first-order valence-corrected chi connectivity index (χ1v) is 6.86. The first-order valence-electron chi connectivity index (χ1n) is 5.04. The summed E-state index contributed by atoms with van der Waals surface area (Å²) in [6, 6.07) is -0.0503. The quantitative estimate of drug-likeness (QED) is 0.397. The summed E-state index contributed by atoms with van der Waals surface area (Å²) >= 11 is 0. The fourth-order valence-corrected chi connectivity index (χ4v) is 3.22. The zero-order chi connectivity index (χ0) is 12.0. The summed E-state index contributed by atoms with van der Waals surface area (Å²) in [6.45, 7) is 0.301. The maximum absolute atomic E-state index is 11.3. The minimum Gasteiger partial charge on any atom is -0.459 e. The summed E-state index contributed by atoms with van der Waals surface area (Å²) in [5.74, 6) is 4.70. The highest BCUT2D eigenvalue weighted by Gasteiger charge is 2.23. The summed E-state index contributed by atoms with van der Waals surface area (Å²) in [7, 11) is -1.63. The SMILES string of the molecule is COC(=O)C#CCNC1CCCS(=O)(=O)C1. The third-order valence-electron chi connectivity index (χ3n) is 2.32. The minimum absolute atomic E-state index is 0.0503. The van der Waals surface area contributed by atoms with E-state index in [0.29, 0.717) is 13.0 Å². The molecule has 5 nitrogen and oxygen atoms in total. The van der Waals surface area contributed by atoms with Crippen molar-refractivity contribution in [1.82, 2.24) is 5.32 Å². The molecule has 0 radical (unpaired) electrons. The van der Waals surface area contributed by atoms with Gasteiger partial charge in [0.15, 0.2) is 9.84 Å². The van der Waals surface area contributed by atoms with Gasteiger partial charge in [0.1, 0.15) is 0 Å². The van der Waals surface area contributed by atoms with Crippen molar-refractivity contribution in [1.29, 1.82) is 0 Å². The van der Waals surface area contributed by atoms with Crippen LogP contribution in [-0.2, 0) is 19.4 Å². The lowest BCUT2D eigenvalue weighted by Crippen LogP contribution is -2.40. The average molecular weight is 245 g/mol. The lowest BCUT2D eigenvalue weighted by Gasteiger charge is -2.21. The highest BCUT2D eigenvalue weighted by molar-refractivity contribution is 7.91. The number of hydrogen-bond donors (Lipinski definition) is 1. The van der Waals surface area contributed by atoms with Crippen molar-refractivity contribution in [2.24, 2.45) is 0 Å². The fraction of sp³-hybridized carbons (Fsp3) is 0.700. The van der Waals surface area contributed by atoms with Gasteiger partial charge in [0.2, 0.25) is 0 Å². The number of carbonyl (C=O) groups excluding carboxylic acids is 1. The standard InChI is InChI=1S/C10H15NO4S/c1-15-10(12)5-2-6-11-9-4-3-7-16(13,14)8-9/h9,11H,3-4,6-8H2,1H3. The van der Waals surface area contributed by atoms with Crippen LogP contribution in [0.15, 0.2) is 0 Å². The van der Waals surface area contributed by atoms with Crippen LogP contribution in [0.2, 0.25) is 0 Å². The Balaban J connectivity index is 2.32. The molecule has 0 aliphatic carbocycles. The predicted molar refractivity (Wildman–Crippen MR) is 59.5 cm³/mol. The molecule has 0 saturated carbocycles. The molecule has 0 aromatic carbocycles. The fourth-order valence-electron chi connectivity index (χ4n) is 1.55. The van der Waals surface area contributed by atoms with Gasteiger partial charge in [-0.05, 0) is 12.8 Å². The number of esters is 1. The second-order valence-electron chi connectivity index (χ2n) is 3.63. The van der Waals surface area contributed by atoms with Crippen molar-refractivity contribution >= 4 is 15.8 Å². The summed E-state index contributed by atoms with van der Waals surface area (Å²) in [6.07, 6.45) is 1.52. The summed E-state index contributed by atoms with van der Waals surface area (Å²) < 4.78 is 26.9. The van der Waals surface area contributed by atoms with Crippen molar-refractivity contribution in [3.8, 4) is 11.8 Å². The van der Waals surface area contributed by atoms with Crippen LogP contribution in [-0.4, -0.2) is 45.6 Å². The molecule has 1 N–H and O–H groups in total. The van der Waals surface area contributed by atoms with Gasteiger partial charge in [0, 0.05) is 12.0 Å². The van der Waals surface area contributed by atoms with Crippen LogP contribution in [0.5, 0.6) is 0 Å². The van der Waals surface area contributed by atoms with E-state index < -0.39 is 15.8 Å². The molecule has 16 heavy (non-hydrogen) atoms. The van der Waals surface area contributed by atoms with Gasteiger partial charge in [-0.3, -0.25) is 0 Å². The van der Waals surface area contributed by atoms with Crippen molar-refractivity contribution in [2.75, 3.05) is 25.2 Å². The number of nitrogens with one attached hydrogen (secondary N) is 1. The smallest absolute Gasteiger partial charge is 0.384 e. The zero-order valence-electron chi connectivity index (χ0n) is 9.15. The number of methoxy groups -OCH3 is 1. The van der Waals surface area contributed by atoms with E-state index in [2.05, 4.69) is 21.9 Å². The monoisotopic (exact) mass is 245 g/mol. The Hall–Kier alpha value is -1.06. The Morgan fingerprint density at radius 3 is 2.94 bits per heavy atom. The molecule has 0 aromatic heterocycles. The molecule has 0 spiro atoms. The summed E-state index contributed by atoms with van der Waals surface area (Å²) in [4.78, 5) is 10.6. The van der Waals surface area contributed by atoms with Gasteiger partial charge in [-0.25, -0.2) is 13.2 Å². The van der Waals surface area contributed by atoms with E-state index >= 15 is 0 Å². The van der Waals surface area contributed by atoms with E-state index in [1.807, 2.05) is 0 Å². The lowest BCUT2D eigenvalue weighted by molar-refractivity contribution is -0.133. The summed E-state index contributed by atoms with van der Waals surface area (Å²) in [5, 5.41) is 3.00. The largest absolute Gasteiger partial charge is 0.459 e. The first-order chi connectivity index (χ1) is 7.53. The Morgan fingerprint density at radius 2 is 2.31 bits per heavy atom. The molecule has 0 amide bonds. The van der Waals surface area contributed by atoms with Gasteiger partial charge in [-0.2, -0.15) is 0 Å². The number of ether oxygens (including phenoxy) is 1. The Labute approximate surface area is 95.5 Å². The molecular formula is C10H15NO4S. The number of sulfone groups is 1. The molecule has 1 rings (SSSR count). The number of carbonyl (C=O) groups is 1. The van der Waals surface area contributed by atoms with E-state index in [-0.39, 0.29) is 17.5 Å². The predicted octanol–water partition coefficient (Wildman–Crippen LogP) is -0.670. The lowest BCUT2D eigenvalue weighted by atomic mass is 10.2. The molecular weight excluding hydrogens is 230 g/mol. The summed E-state index contributed by atoms with van der Waals surface area (Å²) in [5.41, 5.74) is 0. The molecule has 1 aliphatic heterocycles. The van der Waals surface area contributed by atoms with Crippen molar-refractivity contribution in [2.45, 2.75) is 18.9 Å². The topological polar surface area (TPSA) is 72.5 Å². The molecule has 0 aromatic rings. The normalized spacial score (nSPS) is 22.9. The Morgan fingerprint density at radius 1 is 1.56 bits per heavy atom. The molecule has 6 heteroatoms. The van der Waals surface area contributed by atoms with Crippen LogP contribution >= 0.6 is 0 Å². The van der Waals surface area contributed by atoms with Gasteiger partial charge >= 0.3 is 5.97 Å². The van der Waals surface area contributed by atoms with Crippen molar-refractivity contribution < 1.29 is 17.9 Å². The molecule has 1 fully saturated rings. The zero-order valence-corrected chi connectivity index (χ0v) is 9.97. The highest BCUT2D eigenvalue weighted by Crippen LogP contribution is 2.11. The van der Waals surface area contributed by atoms with Crippen LogP contribution < -0.4 is 5.32 Å². The van der Waals surface area contributed by atoms with E-state index in [9.17, 15) is 13.2 Å². The maximum atomic E-state index is 11.3. The average Bonchev–Trinajstić information content (AvgIpc) is 2.22. The van der Waals surface area contributed by atoms with E-state index in [0.717, 1.165) is 6.42 Å². The molecule has 0 bridgehead atoms. The minimum atomic E-state index is -2.89. The molecule has 1 heterocycles. The van der Waals surface area contributed by atoms with E-state index in [1.165, 1.54) is 7.11 Å². The third kappa shape index (κ3) is 4.64. The second kappa shape index (κ2) is 5.87. The number of hydrogen-bond acceptors (Lipinski definition) is 5. The highest BCUT2D eigenvalue weighted by atomic mass is 32.2. The van der Waals surface area contributed by atoms with Crippen LogP contribution in [0.1, 0.15) is 12.8 Å². The van der Waals surface area contributed by atoms with Gasteiger partial charge in [0.25, 0.3) is 0 Å². The van der Waals surface area contributed by atoms with Gasteiger partial charge in [0.05, 0.1) is 25.2 Å². The van der Waals surface area contributed by atoms with Gasteiger partial charge in [-0.15, -0.1) is 0 Å². The van der Waals surface area contributed by atoms with Crippen LogP contribution in [0, 0.1) is 11.8 Å².